The van der Waals surface area contributed by atoms with Crippen molar-refractivity contribution in [2.45, 2.75) is 31.0 Å². The SMILES string of the molecule is COc1ccccc1-c1ccc(OCCCN2CCC(C(O)(c3ccccc3)c3ccccc3)CC2)cc1.O=C(O)C(F)(F)F. The monoisotopic (exact) mass is 621 g/mol. The lowest BCUT2D eigenvalue weighted by Crippen LogP contribution is -2.44. The molecule has 4 aromatic rings. The lowest BCUT2D eigenvalue weighted by molar-refractivity contribution is -0.192. The first-order chi connectivity index (χ1) is 21.6. The molecule has 0 atom stereocenters. The van der Waals surface area contributed by atoms with Crippen molar-refractivity contribution >= 4 is 5.97 Å². The Morgan fingerprint density at radius 3 is 1.84 bits per heavy atom. The van der Waals surface area contributed by atoms with Gasteiger partial charge in [-0.25, -0.2) is 4.79 Å². The smallest absolute Gasteiger partial charge is 0.490 e. The molecular formula is C36H38F3NO5. The van der Waals surface area contributed by atoms with Crippen LogP contribution in [0.25, 0.3) is 11.1 Å². The summed E-state index contributed by atoms with van der Waals surface area (Å²) in [6.07, 6.45) is -2.18. The Morgan fingerprint density at radius 1 is 0.822 bits per heavy atom. The molecule has 9 heteroatoms. The third-order valence-electron chi connectivity index (χ3n) is 8.01. The summed E-state index contributed by atoms with van der Waals surface area (Å²) in [6, 6.07) is 36.6. The summed E-state index contributed by atoms with van der Waals surface area (Å²) in [6.45, 7) is 3.66. The summed E-state index contributed by atoms with van der Waals surface area (Å²) in [5, 5.41) is 19.2. The van der Waals surface area contributed by atoms with Crippen LogP contribution >= 0.6 is 0 Å². The number of aliphatic hydroxyl groups is 1. The number of hydrogen-bond acceptors (Lipinski definition) is 5. The van der Waals surface area contributed by atoms with Gasteiger partial charge in [0.05, 0.1) is 13.7 Å². The molecular weight excluding hydrogens is 583 g/mol. The number of carbonyl (C=O) groups is 1. The fraction of sp³-hybridized carbons (Fsp3) is 0.306. The molecule has 0 aliphatic carbocycles. The van der Waals surface area contributed by atoms with Gasteiger partial charge in [0.1, 0.15) is 17.1 Å². The molecule has 0 radical (unpaired) electrons. The van der Waals surface area contributed by atoms with E-state index in [4.69, 9.17) is 19.4 Å². The predicted octanol–water partition coefficient (Wildman–Crippen LogP) is 7.41. The van der Waals surface area contributed by atoms with E-state index in [2.05, 4.69) is 47.4 Å². The van der Waals surface area contributed by atoms with E-state index in [0.29, 0.717) is 6.61 Å². The molecule has 0 aromatic heterocycles. The maximum atomic E-state index is 12.1. The zero-order valence-electron chi connectivity index (χ0n) is 25.1. The highest BCUT2D eigenvalue weighted by molar-refractivity contribution is 5.73. The van der Waals surface area contributed by atoms with E-state index in [-0.39, 0.29) is 5.92 Å². The van der Waals surface area contributed by atoms with E-state index in [1.807, 2.05) is 66.7 Å². The second-order valence-corrected chi connectivity index (χ2v) is 10.8. The number of likely N-dealkylation sites (tertiary alicyclic amines) is 1. The molecule has 45 heavy (non-hydrogen) atoms. The van der Waals surface area contributed by atoms with Gasteiger partial charge in [0.25, 0.3) is 0 Å². The van der Waals surface area contributed by atoms with Gasteiger partial charge in [0.2, 0.25) is 0 Å². The van der Waals surface area contributed by atoms with Crippen LogP contribution in [0.2, 0.25) is 0 Å². The fourth-order valence-electron chi connectivity index (χ4n) is 5.69. The van der Waals surface area contributed by atoms with Crippen LogP contribution in [0.5, 0.6) is 11.5 Å². The average Bonchev–Trinajstić information content (AvgIpc) is 3.07. The molecule has 2 N–H and O–H groups in total. The second-order valence-electron chi connectivity index (χ2n) is 10.8. The van der Waals surface area contributed by atoms with Gasteiger partial charge in [0, 0.05) is 12.1 Å². The minimum absolute atomic E-state index is 0.182. The number of piperidine rings is 1. The van der Waals surface area contributed by atoms with Crippen molar-refractivity contribution in [1.29, 1.82) is 0 Å². The second kappa shape index (κ2) is 15.6. The minimum Gasteiger partial charge on any atom is -0.496 e. The van der Waals surface area contributed by atoms with Crippen LogP contribution in [-0.2, 0) is 10.4 Å². The first-order valence-electron chi connectivity index (χ1n) is 14.8. The van der Waals surface area contributed by atoms with Crippen LogP contribution in [0, 0.1) is 5.92 Å². The Bertz CT molecular complexity index is 1430. The Balaban J connectivity index is 0.000000591. The number of rotatable bonds is 10. The molecule has 1 aliphatic rings. The molecule has 0 unspecified atom stereocenters. The number of alkyl halides is 3. The molecule has 1 aliphatic heterocycles. The first kappa shape index (κ1) is 33.6. The highest BCUT2D eigenvalue weighted by Gasteiger charge is 2.41. The van der Waals surface area contributed by atoms with Crippen LogP contribution in [0.3, 0.4) is 0 Å². The summed E-state index contributed by atoms with van der Waals surface area (Å²) in [7, 11) is 1.70. The topological polar surface area (TPSA) is 79.2 Å². The number of halogens is 3. The van der Waals surface area contributed by atoms with E-state index >= 15 is 0 Å². The Morgan fingerprint density at radius 2 is 1.33 bits per heavy atom. The van der Waals surface area contributed by atoms with Gasteiger partial charge in [-0.05, 0) is 73.2 Å². The minimum atomic E-state index is -5.08. The zero-order valence-corrected chi connectivity index (χ0v) is 25.1. The largest absolute Gasteiger partial charge is 0.496 e. The van der Waals surface area contributed by atoms with Crippen molar-refractivity contribution in [2.75, 3.05) is 33.4 Å². The summed E-state index contributed by atoms with van der Waals surface area (Å²) >= 11 is 0. The van der Waals surface area contributed by atoms with Crippen molar-refractivity contribution in [3.63, 3.8) is 0 Å². The van der Waals surface area contributed by atoms with Gasteiger partial charge in [-0.2, -0.15) is 13.2 Å². The van der Waals surface area contributed by atoms with Crippen LogP contribution < -0.4 is 9.47 Å². The normalized spacial score (nSPS) is 14.2. The standard InChI is InChI=1S/C34H37NO3.C2HF3O2/c1-37-33-16-9-8-15-32(33)27-17-19-31(20-18-27)38-26-10-23-35-24-21-30(22-25-35)34(36,28-11-4-2-5-12-28)29-13-6-3-7-14-29;3-2(4,5)1(6)7/h2-9,11-20,30,36H,10,21-26H2,1H3;(H,6,7). The number of nitrogens with zero attached hydrogens (tertiary/aromatic N) is 1. The van der Waals surface area contributed by atoms with Crippen molar-refractivity contribution in [2.24, 2.45) is 5.92 Å². The third-order valence-corrected chi connectivity index (χ3v) is 8.01. The lowest BCUT2D eigenvalue weighted by Gasteiger charge is -2.42. The van der Waals surface area contributed by atoms with Gasteiger partial charge < -0.3 is 24.6 Å². The molecule has 5 rings (SSSR count). The summed E-state index contributed by atoms with van der Waals surface area (Å²) in [5.41, 5.74) is 3.19. The number of benzene rings is 4. The molecule has 0 saturated carbocycles. The Kier molecular flexibility index (Phi) is 11.6. The van der Waals surface area contributed by atoms with Crippen molar-refractivity contribution in [3.8, 4) is 22.6 Å². The third kappa shape index (κ3) is 8.86. The average molecular weight is 622 g/mol. The maximum absolute atomic E-state index is 12.1. The van der Waals surface area contributed by atoms with Crippen LogP contribution in [0.15, 0.2) is 109 Å². The van der Waals surface area contributed by atoms with Gasteiger partial charge in [0.15, 0.2) is 0 Å². The Hall–Kier alpha value is -4.34. The van der Waals surface area contributed by atoms with Gasteiger partial charge in [-0.15, -0.1) is 0 Å². The lowest BCUT2D eigenvalue weighted by atomic mass is 9.72. The summed E-state index contributed by atoms with van der Waals surface area (Å²) < 4.78 is 43.3. The molecule has 1 saturated heterocycles. The number of carboxylic acids is 1. The molecule has 0 amide bonds. The van der Waals surface area contributed by atoms with E-state index < -0.39 is 17.7 Å². The fourth-order valence-corrected chi connectivity index (χ4v) is 5.69. The summed E-state index contributed by atoms with van der Waals surface area (Å²) in [5.74, 6) is -0.817. The van der Waals surface area contributed by atoms with Crippen LogP contribution in [0.4, 0.5) is 13.2 Å². The highest BCUT2D eigenvalue weighted by atomic mass is 19.4. The van der Waals surface area contributed by atoms with Gasteiger partial charge in [-0.3, -0.25) is 0 Å². The first-order valence-corrected chi connectivity index (χ1v) is 14.8. The number of ether oxygens (including phenoxy) is 2. The molecule has 0 spiro atoms. The molecule has 1 heterocycles. The molecule has 4 aromatic carbocycles. The molecule has 1 fully saturated rings. The summed E-state index contributed by atoms with van der Waals surface area (Å²) in [4.78, 5) is 11.4. The molecule has 6 nitrogen and oxygen atoms in total. The van der Waals surface area contributed by atoms with Gasteiger partial charge >= 0.3 is 12.1 Å². The van der Waals surface area contributed by atoms with E-state index in [1.54, 1.807) is 7.11 Å². The van der Waals surface area contributed by atoms with E-state index in [1.165, 1.54) is 0 Å². The number of methoxy groups -OCH3 is 1. The van der Waals surface area contributed by atoms with Crippen molar-refractivity contribution < 1.29 is 37.7 Å². The quantitative estimate of drug-likeness (QED) is 0.180. The zero-order chi connectivity index (χ0) is 32.3. The molecule has 0 bridgehead atoms. The maximum Gasteiger partial charge on any atom is 0.490 e. The van der Waals surface area contributed by atoms with Crippen LogP contribution in [-0.4, -0.2) is 60.6 Å². The van der Waals surface area contributed by atoms with Crippen LogP contribution in [0.1, 0.15) is 30.4 Å². The number of carboxylic acid groups (broad SMARTS) is 1. The van der Waals surface area contributed by atoms with Crippen molar-refractivity contribution in [1.82, 2.24) is 4.90 Å². The number of para-hydroxylation sites is 1. The van der Waals surface area contributed by atoms with Gasteiger partial charge in [-0.1, -0.05) is 91.0 Å². The highest BCUT2D eigenvalue weighted by Crippen LogP contribution is 2.42. The molecule has 238 valence electrons. The van der Waals surface area contributed by atoms with E-state index in [9.17, 15) is 18.3 Å². The predicted molar refractivity (Wildman–Crippen MR) is 167 cm³/mol. The van der Waals surface area contributed by atoms with Crippen molar-refractivity contribution in [3.05, 3.63) is 120 Å². The number of hydrogen-bond donors (Lipinski definition) is 2. The number of aliphatic carboxylic acids is 1. The van der Waals surface area contributed by atoms with E-state index in [0.717, 1.165) is 72.6 Å². The Labute approximate surface area is 261 Å².